The summed E-state index contributed by atoms with van der Waals surface area (Å²) < 4.78 is 11.3. The second-order valence-corrected chi connectivity index (χ2v) is 5.94. The zero-order valence-corrected chi connectivity index (χ0v) is 13.1. The van der Waals surface area contributed by atoms with E-state index in [9.17, 15) is 5.11 Å². The largest absolute Gasteiger partial charge is 0.491 e. The number of hydrogen-bond donors (Lipinski definition) is 2. The molecule has 1 aromatic carbocycles. The maximum absolute atomic E-state index is 9.95. The van der Waals surface area contributed by atoms with Gasteiger partial charge in [0.2, 0.25) is 0 Å². The molecule has 0 bridgehead atoms. The molecule has 4 nitrogen and oxygen atoms in total. The minimum absolute atomic E-state index is 0.297. The maximum Gasteiger partial charge on any atom is 0.119 e. The molecule has 0 saturated carbocycles. The quantitative estimate of drug-likeness (QED) is 0.809. The van der Waals surface area contributed by atoms with Crippen LogP contribution in [0.15, 0.2) is 18.2 Å². The van der Waals surface area contributed by atoms with Gasteiger partial charge in [-0.3, -0.25) is 0 Å². The predicted molar refractivity (Wildman–Crippen MR) is 83.9 cm³/mol. The number of benzene rings is 1. The molecular weight excluding hydrogens is 266 g/mol. The Morgan fingerprint density at radius 1 is 1.29 bits per heavy atom. The standard InChI is InChI=1S/C17H27NO3/c1-13-7-14(2)9-17(8-13)21-12-15(19)10-18-11-16-5-3-4-6-20-16/h7-9,15-16,18-19H,3-6,10-12H2,1-2H3. The maximum atomic E-state index is 9.95. The lowest BCUT2D eigenvalue weighted by Crippen LogP contribution is -2.37. The lowest BCUT2D eigenvalue weighted by Gasteiger charge is -2.23. The van der Waals surface area contributed by atoms with Crippen molar-refractivity contribution in [2.45, 2.75) is 45.3 Å². The van der Waals surface area contributed by atoms with Gasteiger partial charge in [0.1, 0.15) is 18.5 Å². The van der Waals surface area contributed by atoms with Crippen molar-refractivity contribution in [1.82, 2.24) is 5.32 Å². The van der Waals surface area contributed by atoms with E-state index in [1.165, 1.54) is 24.0 Å². The molecule has 1 aromatic rings. The molecule has 2 rings (SSSR count). The number of hydrogen-bond acceptors (Lipinski definition) is 4. The molecule has 1 fully saturated rings. The summed E-state index contributed by atoms with van der Waals surface area (Å²) in [7, 11) is 0. The van der Waals surface area contributed by atoms with E-state index in [4.69, 9.17) is 9.47 Å². The molecule has 0 radical (unpaired) electrons. The molecule has 1 aliphatic heterocycles. The molecule has 118 valence electrons. The Morgan fingerprint density at radius 3 is 2.71 bits per heavy atom. The Bertz CT molecular complexity index is 410. The van der Waals surface area contributed by atoms with Gasteiger partial charge in [-0.05, 0) is 56.4 Å². The highest BCUT2D eigenvalue weighted by atomic mass is 16.5. The van der Waals surface area contributed by atoms with E-state index in [0.29, 0.717) is 19.3 Å². The van der Waals surface area contributed by atoms with E-state index in [0.717, 1.165) is 25.3 Å². The van der Waals surface area contributed by atoms with Gasteiger partial charge in [0.25, 0.3) is 0 Å². The van der Waals surface area contributed by atoms with Crippen LogP contribution in [-0.2, 0) is 4.74 Å². The van der Waals surface area contributed by atoms with Crippen molar-refractivity contribution in [3.8, 4) is 5.75 Å². The van der Waals surface area contributed by atoms with Crippen LogP contribution in [0.4, 0.5) is 0 Å². The van der Waals surface area contributed by atoms with Crippen molar-refractivity contribution in [2.24, 2.45) is 0 Å². The number of nitrogens with one attached hydrogen (secondary N) is 1. The van der Waals surface area contributed by atoms with Gasteiger partial charge in [-0.2, -0.15) is 0 Å². The summed E-state index contributed by atoms with van der Waals surface area (Å²) in [5.74, 6) is 0.821. The summed E-state index contributed by atoms with van der Waals surface area (Å²) in [5, 5.41) is 13.2. The van der Waals surface area contributed by atoms with Crippen LogP contribution in [0, 0.1) is 13.8 Å². The van der Waals surface area contributed by atoms with Gasteiger partial charge in [-0.25, -0.2) is 0 Å². The van der Waals surface area contributed by atoms with Gasteiger partial charge in [0.15, 0.2) is 0 Å². The molecule has 2 atom stereocenters. The lowest BCUT2D eigenvalue weighted by molar-refractivity contribution is 0.0141. The average Bonchev–Trinajstić information content (AvgIpc) is 2.45. The van der Waals surface area contributed by atoms with Crippen LogP contribution < -0.4 is 10.1 Å². The number of aliphatic hydroxyl groups excluding tert-OH is 1. The number of aryl methyl sites for hydroxylation is 2. The summed E-state index contributed by atoms with van der Waals surface area (Å²) in [6.45, 7) is 6.60. The third-order valence-electron chi connectivity index (χ3n) is 3.66. The first kappa shape index (κ1) is 16.3. The van der Waals surface area contributed by atoms with Crippen LogP contribution in [0.2, 0.25) is 0 Å². The minimum atomic E-state index is -0.505. The fraction of sp³-hybridized carbons (Fsp3) is 0.647. The van der Waals surface area contributed by atoms with Crippen molar-refractivity contribution in [2.75, 3.05) is 26.3 Å². The van der Waals surface area contributed by atoms with Crippen molar-refractivity contribution in [3.63, 3.8) is 0 Å². The van der Waals surface area contributed by atoms with E-state index in [-0.39, 0.29) is 0 Å². The SMILES string of the molecule is Cc1cc(C)cc(OCC(O)CNCC2CCCCO2)c1. The van der Waals surface area contributed by atoms with Crippen LogP contribution in [-0.4, -0.2) is 43.6 Å². The van der Waals surface area contributed by atoms with Gasteiger partial charge in [-0.15, -0.1) is 0 Å². The van der Waals surface area contributed by atoms with E-state index in [2.05, 4.69) is 11.4 Å². The zero-order chi connectivity index (χ0) is 15.1. The highest BCUT2D eigenvalue weighted by Crippen LogP contribution is 2.16. The summed E-state index contributed by atoms with van der Waals surface area (Å²) in [6.07, 6.45) is 3.32. The van der Waals surface area contributed by atoms with Gasteiger partial charge in [0.05, 0.1) is 6.10 Å². The Morgan fingerprint density at radius 2 is 2.05 bits per heavy atom. The fourth-order valence-corrected chi connectivity index (χ4v) is 2.65. The molecule has 1 saturated heterocycles. The molecule has 0 aromatic heterocycles. The molecule has 1 aliphatic rings. The summed E-state index contributed by atoms with van der Waals surface area (Å²) in [6, 6.07) is 6.08. The Labute approximate surface area is 127 Å². The molecular formula is C17H27NO3. The van der Waals surface area contributed by atoms with Crippen molar-refractivity contribution >= 4 is 0 Å². The Hall–Kier alpha value is -1.10. The van der Waals surface area contributed by atoms with E-state index in [1.54, 1.807) is 0 Å². The number of aliphatic hydroxyl groups is 1. The molecule has 0 amide bonds. The van der Waals surface area contributed by atoms with Crippen LogP contribution in [0.3, 0.4) is 0 Å². The first-order valence-corrected chi connectivity index (χ1v) is 7.85. The van der Waals surface area contributed by atoms with Gasteiger partial charge in [0, 0.05) is 19.7 Å². The van der Waals surface area contributed by atoms with Crippen LogP contribution >= 0.6 is 0 Å². The van der Waals surface area contributed by atoms with Crippen molar-refractivity contribution in [3.05, 3.63) is 29.3 Å². The number of ether oxygens (including phenoxy) is 2. The van der Waals surface area contributed by atoms with E-state index in [1.807, 2.05) is 26.0 Å². The summed E-state index contributed by atoms with van der Waals surface area (Å²) >= 11 is 0. The molecule has 0 aliphatic carbocycles. The van der Waals surface area contributed by atoms with E-state index < -0.39 is 6.10 Å². The smallest absolute Gasteiger partial charge is 0.119 e. The molecule has 0 spiro atoms. The first-order valence-electron chi connectivity index (χ1n) is 7.85. The Balaban J connectivity index is 1.63. The summed E-state index contributed by atoms with van der Waals surface area (Å²) in [4.78, 5) is 0. The summed E-state index contributed by atoms with van der Waals surface area (Å²) in [5.41, 5.74) is 2.35. The van der Waals surface area contributed by atoms with Gasteiger partial charge in [-0.1, -0.05) is 6.07 Å². The lowest BCUT2D eigenvalue weighted by atomic mass is 10.1. The highest BCUT2D eigenvalue weighted by Gasteiger charge is 2.14. The predicted octanol–water partition coefficient (Wildman–Crippen LogP) is 2.20. The topological polar surface area (TPSA) is 50.7 Å². The third kappa shape index (κ3) is 6.04. The molecule has 4 heteroatoms. The van der Waals surface area contributed by atoms with Crippen molar-refractivity contribution in [1.29, 1.82) is 0 Å². The van der Waals surface area contributed by atoms with Gasteiger partial charge >= 0.3 is 0 Å². The van der Waals surface area contributed by atoms with Crippen LogP contribution in [0.1, 0.15) is 30.4 Å². The zero-order valence-electron chi connectivity index (χ0n) is 13.1. The molecule has 1 heterocycles. The van der Waals surface area contributed by atoms with Gasteiger partial charge < -0.3 is 19.9 Å². The highest BCUT2D eigenvalue weighted by molar-refractivity contribution is 5.32. The Kier molecular flexibility index (Phi) is 6.49. The van der Waals surface area contributed by atoms with E-state index >= 15 is 0 Å². The molecule has 2 unspecified atom stereocenters. The van der Waals surface area contributed by atoms with Crippen LogP contribution in [0.5, 0.6) is 5.75 Å². The second-order valence-electron chi connectivity index (χ2n) is 5.94. The first-order chi connectivity index (χ1) is 10.1. The average molecular weight is 293 g/mol. The molecule has 21 heavy (non-hydrogen) atoms. The van der Waals surface area contributed by atoms with Crippen LogP contribution in [0.25, 0.3) is 0 Å². The number of rotatable bonds is 7. The monoisotopic (exact) mass is 293 g/mol. The van der Waals surface area contributed by atoms with Crippen molar-refractivity contribution < 1.29 is 14.6 Å². The minimum Gasteiger partial charge on any atom is -0.491 e. The fourth-order valence-electron chi connectivity index (χ4n) is 2.65. The normalized spacial score (nSPS) is 20.2. The third-order valence-corrected chi connectivity index (χ3v) is 3.66. The molecule has 2 N–H and O–H groups in total. The second kappa shape index (κ2) is 8.37.